The summed E-state index contributed by atoms with van der Waals surface area (Å²) in [6, 6.07) is 1.71. The predicted octanol–water partition coefficient (Wildman–Crippen LogP) is 2.04. The lowest BCUT2D eigenvalue weighted by atomic mass is 9.85. The number of hydrogen-bond donors (Lipinski definition) is 1. The molecule has 6 nitrogen and oxygen atoms in total. The summed E-state index contributed by atoms with van der Waals surface area (Å²) in [5, 5.41) is 9.32. The van der Waals surface area contributed by atoms with Crippen LogP contribution in [0.5, 0.6) is 0 Å². The minimum atomic E-state index is -0.532. The lowest BCUT2D eigenvalue weighted by Crippen LogP contribution is -2.53. The van der Waals surface area contributed by atoms with Gasteiger partial charge in [0, 0.05) is 25.6 Å². The zero-order valence-corrected chi connectivity index (χ0v) is 16.2. The molecule has 6 heteroatoms. The van der Waals surface area contributed by atoms with E-state index in [4.69, 9.17) is 5.73 Å². The van der Waals surface area contributed by atoms with Crippen LogP contribution < -0.4 is 5.73 Å². The van der Waals surface area contributed by atoms with Crippen LogP contribution in [0, 0.1) is 29.1 Å². The predicted molar refractivity (Wildman–Crippen MR) is 101 cm³/mol. The Morgan fingerprint density at radius 1 is 1.07 bits per heavy atom. The second-order valence-corrected chi connectivity index (χ2v) is 9.14. The van der Waals surface area contributed by atoms with Gasteiger partial charge in [-0.25, -0.2) is 0 Å². The number of fused-ring (bicyclic) bond motifs is 1. The van der Waals surface area contributed by atoms with Crippen LogP contribution in [0.2, 0.25) is 0 Å². The SMILES string of the molecule is N#C[C@@H]1C[C@@H]2C[C@@H]2N1C(=O)[C@@H](N)C1CCN(C(=O)CC2CCCCC2)CC1. The minimum absolute atomic E-state index is 0.0430. The van der Waals surface area contributed by atoms with Crippen molar-refractivity contribution in [3.63, 3.8) is 0 Å². The second-order valence-electron chi connectivity index (χ2n) is 9.14. The van der Waals surface area contributed by atoms with Crippen molar-refractivity contribution in [2.24, 2.45) is 23.5 Å². The molecule has 0 aromatic heterocycles. The van der Waals surface area contributed by atoms with E-state index < -0.39 is 6.04 Å². The fraction of sp³-hybridized carbons (Fsp3) is 0.857. The molecule has 2 aliphatic carbocycles. The topological polar surface area (TPSA) is 90.4 Å². The zero-order chi connectivity index (χ0) is 19.0. The largest absolute Gasteiger partial charge is 0.343 e. The van der Waals surface area contributed by atoms with Gasteiger partial charge in [0.05, 0.1) is 12.1 Å². The standard InChI is InChI=1S/C21H32N4O2/c22-13-17-11-16-12-18(16)25(17)21(27)20(23)15-6-8-24(9-7-15)19(26)10-14-4-2-1-3-5-14/h14-18,20H,1-12,23H2/t16-,17+,18+,20+/m1/s1. The molecule has 0 bridgehead atoms. The van der Waals surface area contributed by atoms with Gasteiger partial charge >= 0.3 is 0 Å². The van der Waals surface area contributed by atoms with Gasteiger partial charge in [-0.15, -0.1) is 0 Å². The van der Waals surface area contributed by atoms with Crippen LogP contribution >= 0.6 is 0 Å². The number of nitrogens with zero attached hydrogens (tertiary/aromatic N) is 3. The molecule has 27 heavy (non-hydrogen) atoms. The fourth-order valence-electron chi connectivity index (χ4n) is 5.54. The second kappa shape index (κ2) is 7.79. The maximum absolute atomic E-state index is 12.9. The van der Waals surface area contributed by atoms with E-state index in [2.05, 4.69) is 6.07 Å². The van der Waals surface area contributed by atoms with Crippen molar-refractivity contribution in [2.45, 2.75) is 82.3 Å². The van der Waals surface area contributed by atoms with Crippen LogP contribution in [0.3, 0.4) is 0 Å². The normalized spacial score (nSPS) is 32.7. The smallest absolute Gasteiger partial charge is 0.241 e. The summed E-state index contributed by atoms with van der Waals surface area (Å²) in [6.45, 7) is 1.43. The van der Waals surface area contributed by atoms with Crippen LogP contribution in [-0.4, -0.2) is 52.8 Å². The van der Waals surface area contributed by atoms with Crippen molar-refractivity contribution < 1.29 is 9.59 Å². The number of likely N-dealkylation sites (tertiary alicyclic amines) is 2. The Hall–Kier alpha value is -1.61. The molecular weight excluding hydrogens is 340 g/mol. The summed E-state index contributed by atoms with van der Waals surface area (Å²) >= 11 is 0. The van der Waals surface area contributed by atoms with E-state index in [1.807, 2.05) is 4.90 Å². The van der Waals surface area contributed by atoms with Crippen molar-refractivity contribution in [3.8, 4) is 6.07 Å². The van der Waals surface area contributed by atoms with Gasteiger partial charge in [-0.1, -0.05) is 19.3 Å². The van der Waals surface area contributed by atoms with E-state index in [1.54, 1.807) is 4.90 Å². The highest BCUT2D eigenvalue weighted by molar-refractivity contribution is 5.84. The highest BCUT2D eigenvalue weighted by Gasteiger charge is 2.55. The lowest BCUT2D eigenvalue weighted by molar-refractivity contribution is -0.136. The van der Waals surface area contributed by atoms with Gasteiger partial charge < -0.3 is 15.5 Å². The zero-order valence-electron chi connectivity index (χ0n) is 16.2. The molecule has 2 amide bonds. The third-order valence-electron chi connectivity index (χ3n) is 7.38. The number of carbonyl (C=O) groups is 2. The molecule has 2 saturated heterocycles. The Kier molecular flexibility index (Phi) is 5.41. The van der Waals surface area contributed by atoms with E-state index in [-0.39, 0.29) is 29.8 Å². The highest BCUT2D eigenvalue weighted by Crippen LogP contribution is 2.48. The van der Waals surface area contributed by atoms with Crippen molar-refractivity contribution in [3.05, 3.63) is 0 Å². The lowest BCUT2D eigenvalue weighted by Gasteiger charge is -2.37. The Labute approximate surface area is 162 Å². The number of piperidine rings is 2. The number of rotatable bonds is 4. The van der Waals surface area contributed by atoms with Gasteiger partial charge in [0.2, 0.25) is 11.8 Å². The van der Waals surface area contributed by atoms with E-state index >= 15 is 0 Å². The molecule has 0 aromatic rings. The van der Waals surface area contributed by atoms with Gasteiger partial charge in [-0.05, 0) is 56.3 Å². The summed E-state index contributed by atoms with van der Waals surface area (Å²) < 4.78 is 0. The van der Waals surface area contributed by atoms with Gasteiger partial charge in [-0.3, -0.25) is 9.59 Å². The van der Waals surface area contributed by atoms with Crippen molar-refractivity contribution >= 4 is 11.8 Å². The van der Waals surface area contributed by atoms with Gasteiger partial charge in [0.25, 0.3) is 0 Å². The first-order chi connectivity index (χ1) is 13.1. The van der Waals surface area contributed by atoms with E-state index in [1.165, 1.54) is 32.1 Å². The molecule has 2 N–H and O–H groups in total. The summed E-state index contributed by atoms with van der Waals surface area (Å²) in [5.41, 5.74) is 6.34. The quantitative estimate of drug-likeness (QED) is 0.817. The molecule has 2 aliphatic heterocycles. The molecule has 4 rings (SSSR count). The average Bonchev–Trinajstić information content (AvgIpc) is 3.37. The molecule has 4 aliphatic rings. The number of amides is 2. The molecule has 148 valence electrons. The number of carbonyl (C=O) groups excluding carboxylic acids is 2. The van der Waals surface area contributed by atoms with Gasteiger partial charge in [0.15, 0.2) is 0 Å². The molecule has 2 heterocycles. The highest BCUT2D eigenvalue weighted by atomic mass is 16.2. The first kappa shape index (κ1) is 18.7. The van der Waals surface area contributed by atoms with Crippen LogP contribution in [0.4, 0.5) is 0 Å². The van der Waals surface area contributed by atoms with Crippen LogP contribution in [0.1, 0.15) is 64.2 Å². The molecule has 2 saturated carbocycles. The Morgan fingerprint density at radius 2 is 1.78 bits per heavy atom. The Balaban J connectivity index is 1.26. The molecule has 0 spiro atoms. The molecule has 0 radical (unpaired) electrons. The number of hydrogen-bond acceptors (Lipinski definition) is 4. The van der Waals surface area contributed by atoms with E-state index in [0.29, 0.717) is 31.3 Å². The first-order valence-corrected chi connectivity index (χ1v) is 10.8. The van der Waals surface area contributed by atoms with Crippen molar-refractivity contribution in [2.75, 3.05) is 13.1 Å². The van der Waals surface area contributed by atoms with Crippen LogP contribution in [0.15, 0.2) is 0 Å². The monoisotopic (exact) mass is 372 g/mol. The Bertz CT molecular complexity index is 616. The molecule has 4 fully saturated rings. The summed E-state index contributed by atoms with van der Waals surface area (Å²) in [5.74, 6) is 1.44. The minimum Gasteiger partial charge on any atom is -0.343 e. The van der Waals surface area contributed by atoms with Gasteiger partial charge in [-0.2, -0.15) is 5.26 Å². The summed E-state index contributed by atoms with van der Waals surface area (Å²) in [7, 11) is 0. The maximum atomic E-state index is 12.9. The first-order valence-electron chi connectivity index (χ1n) is 10.8. The molecule has 4 atom stereocenters. The number of nitriles is 1. The van der Waals surface area contributed by atoms with Crippen LogP contribution in [-0.2, 0) is 9.59 Å². The van der Waals surface area contributed by atoms with E-state index in [0.717, 1.165) is 25.7 Å². The molecular formula is C21H32N4O2. The van der Waals surface area contributed by atoms with E-state index in [9.17, 15) is 14.9 Å². The fourth-order valence-corrected chi connectivity index (χ4v) is 5.54. The molecule has 0 unspecified atom stereocenters. The van der Waals surface area contributed by atoms with Crippen molar-refractivity contribution in [1.29, 1.82) is 5.26 Å². The number of nitrogens with two attached hydrogens (primary N) is 1. The van der Waals surface area contributed by atoms with Crippen molar-refractivity contribution in [1.82, 2.24) is 9.80 Å². The Morgan fingerprint density at radius 3 is 2.44 bits per heavy atom. The third-order valence-corrected chi connectivity index (χ3v) is 7.38. The average molecular weight is 373 g/mol. The maximum Gasteiger partial charge on any atom is 0.241 e. The van der Waals surface area contributed by atoms with Gasteiger partial charge in [0.1, 0.15) is 6.04 Å². The summed E-state index contributed by atoms with van der Waals surface area (Å²) in [6.07, 6.45) is 10.4. The summed E-state index contributed by atoms with van der Waals surface area (Å²) in [4.78, 5) is 29.3. The third kappa shape index (κ3) is 3.85. The molecule has 0 aromatic carbocycles. The van der Waals surface area contributed by atoms with Crippen LogP contribution in [0.25, 0.3) is 0 Å².